The highest BCUT2D eigenvalue weighted by Gasteiger charge is 2.01. The van der Waals surface area contributed by atoms with E-state index in [-0.39, 0.29) is 0 Å². The summed E-state index contributed by atoms with van der Waals surface area (Å²) in [6, 6.07) is 12.3. The van der Waals surface area contributed by atoms with Gasteiger partial charge in [-0.3, -0.25) is 0 Å². The topological polar surface area (TPSA) is 25.8 Å². The van der Waals surface area contributed by atoms with Crippen molar-refractivity contribution in [3.8, 4) is 0 Å². The van der Waals surface area contributed by atoms with Crippen molar-refractivity contribution in [2.24, 2.45) is 0 Å². The zero-order valence-electron chi connectivity index (χ0n) is 8.74. The van der Waals surface area contributed by atoms with E-state index >= 15 is 0 Å². The lowest BCUT2D eigenvalue weighted by atomic mass is 10.2. The van der Waals surface area contributed by atoms with Crippen molar-refractivity contribution in [3.63, 3.8) is 0 Å². The van der Waals surface area contributed by atoms with Gasteiger partial charge in [0, 0.05) is 3.57 Å². The number of halogens is 1. The second-order valence-corrected chi connectivity index (χ2v) is 5.09. The number of aromatic nitrogens is 2. The van der Waals surface area contributed by atoms with E-state index in [1.807, 2.05) is 12.1 Å². The summed E-state index contributed by atoms with van der Waals surface area (Å²) in [5, 5.41) is 0. The van der Waals surface area contributed by atoms with Crippen LogP contribution in [0.25, 0.3) is 22.1 Å². The molecular formula is C13H9IN2. The fourth-order valence-corrected chi connectivity index (χ4v) is 2.23. The Kier molecular flexibility index (Phi) is 2.28. The Morgan fingerprint density at radius 2 is 1.44 bits per heavy atom. The van der Waals surface area contributed by atoms with Crippen LogP contribution in [-0.4, -0.2) is 9.97 Å². The number of nitrogens with zero attached hydrogens (tertiary/aromatic N) is 2. The van der Waals surface area contributed by atoms with Crippen LogP contribution in [-0.2, 0) is 0 Å². The molecule has 0 amide bonds. The second-order valence-electron chi connectivity index (χ2n) is 3.85. The molecule has 1 heterocycles. The predicted octanol–water partition coefficient (Wildman–Crippen LogP) is 3.70. The summed E-state index contributed by atoms with van der Waals surface area (Å²) >= 11 is 2.29. The molecule has 0 aliphatic heterocycles. The molecule has 78 valence electrons. The highest BCUT2D eigenvalue weighted by Crippen LogP contribution is 2.18. The van der Waals surface area contributed by atoms with Crippen LogP contribution in [0.4, 0.5) is 0 Å². The van der Waals surface area contributed by atoms with Crippen molar-refractivity contribution >= 4 is 44.7 Å². The van der Waals surface area contributed by atoms with Gasteiger partial charge in [0.05, 0.1) is 22.1 Å². The Labute approximate surface area is 107 Å². The van der Waals surface area contributed by atoms with Gasteiger partial charge >= 0.3 is 0 Å². The van der Waals surface area contributed by atoms with E-state index in [1.165, 1.54) is 9.13 Å². The zero-order valence-corrected chi connectivity index (χ0v) is 10.9. The van der Waals surface area contributed by atoms with Gasteiger partial charge in [0.1, 0.15) is 0 Å². The van der Waals surface area contributed by atoms with E-state index in [4.69, 9.17) is 0 Å². The zero-order chi connectivity index (χ0) is 11.1. The van der Waals surface area contributed by atoms with Gasteiger partial charge in [-0.2, -0.15) is 0 Å². The van der Waals surface area contributed by atoms with Crippen LogP contribution in [0.3, 0.4) is 0 Å². The normalized spacial score (nSPS) is 11.1. The third-order valence-electron chi connectivity index (χ3n) is 2.55. The Bertz CT molecular complexity index is 630. The molecule has 0 atom stereocenters. The molecule has 2 nitrogen and oxygen atoms in total. The average Bonchev–Trinajstić information content (AvgIpc) is 2.26. The molecule has 0 unspecified atom stereocenters. The number of benzene rings is 2. The molecule has 0 spiro atoms. The van der Waals surface area contributed by atoms with Gasteiger partial charge in [-0.25, -0.2) is 9.97 Å². The van der Waals surface area contributed by atoms with Crippen LogP contribution in [0.1, 0.15) is 5.56 Å². The van der Waals surface area contributed by atoms with E-state index in [0.29, 0.717) is 0 Å². The Morgan fingerprint density at radius 1 is 0.812 bits per heavy atom. The lowest BCUT2D eigenvalue weighted by Crippen LogP contribution is -1.88. The largest absolute Gasteiger partial charge is 0.244 e. The maximum Gasteiger partial charge on any atom is 0.0905 e. The molecule has 0 saturated carbocycles. The number of rotatable bonds is 0. The van der Waals surface area contributed by atoms with Gasteiger partial charge < -0.3 is 0 Å². The van der Waals surface area contributed by atoms with Crippen molar-refractivity contribution < 1.29 is 0 Å². The Balaban J connectivity index is 2.44. The summed E-state index contributed by atoms with van der Waals surface area (Å²) in [7, 11) is 0. The van der Waals surface area contributed by atoms with Gasteiger partial charge in [-0.05, 0) is 65.4 Å². The van der Waals surface area contributed by atoms with Gasteiger partial charge in [0.15, 0.2) is 0 Å². The summed E-state index contributed by atoms with van der Waals surface area (Å²) in [6.07, 6.45) is 0. The summed E-state index contributed by atoms with van der Waals surface area (Å²) in [6.45, 7) is 2.07. The second kappa shape index (κ2) is 3.66. The van der Waals surface area contributed by atoms with Crippen molar-refractivity contribution in [3.05, 3.63) is 45.5 Å². The monoisotopic (exact) mass is 320 g/mol. The molecule has 0 radical (unpaired) electrons. The molecule has 0 bridgehead atoms. The van der Waals surface area contributed by atoms with Gasteiger partial charge in [-0.15, -0.1) is 0 Å². The smallest absolute Gasteiger partial charge is 0.0905 e. The molecule has 0 aliphatic rings. The molecule has 1 aromatic heterocycles. The molecule has 16 heavy (non-hydrogen) atoms. The molecule has 0 aliphatic carbocycles. The lowest BCUT2D eigenvalue weighted by molar-refractivity contribution is 1.37. The number of hydrogen-bond donors (Lipinski definition) is 0. The van der Waals surface area contributed by atoms with E-state index in [2.05, 4.69) is 63.7 Å². The Hall–Kier alpha value is -1.23. The summed E-state index contributed by atoms with van der Waals surface area (Å²) in [4.78, 5) is 9.23. The van der Waals surface area contributed by atoms with Crippen LogP contribution in [0, 0.1) is 10.5 Å². The van der Waals surface area contributed by atoms with Crippen molar-refractivity contribution in [1.82, 2.24) is 9.97 Å². The van der Waals surface area contributed by atoms with E-state index in [1.54, 1.807) is 0 Å². The molecule has 3 heteroatoms. The summed E-state index contributed by atoms with van der Waals surface area (Å²) < 4.78 is 1.19. The van der Waals surface area contributed by atoms with E-state index in [0.717, 1.165) is 22.1 Å². The van der Waals surface area contributed by atoms with Crippen molar-refractivity contribution in [1.29, 1.82) is 0 Å². The van der Waals surface area contributed by atoms with Crippen LogP contribution in [0.2, 0.25) is 0 Å². The molecule has 3 rings (SSSR count). The Morgan fingerprint density at radius 3 is 2.19 bits per heavy atom. The maximum atomic E-state index is 4.61. The quantitative estimate of drug-likeness (QED) is 0.466. The highest BCUT2D eigenvalue weighted by atomic mass is 127. The van der Waals surface area contributed by atoms with Gasteiger partial charge in [0.25, 0.3) is 0 Å². The fraction of sp³-hybridized carbons (Fsp3) is 0.0769. The fourth-order valence-electron chi connectivity index (χ4n) is 1.76. The minimum atomic E-state index is 0.957. The first-order valence-corrected chi connectivity index (χ1v) is 6.14. The number of fused-ring (bicyclic) bond motifs is 2. The van der Waals surface area contributed by atoms with E-state index < -0.39 is 0 Å². The standard InChI is InChI=1S/C13H9IN2/c1-8-2-4-10-12(6-8)15-11-5-3-9(14)7-13(11)16-10/h2-7H,1H3. The minimum absolute atomic E-state index is 0.957. The average molecular weight is 320 g/mol. The first kappa shape index (κ1) is 9.96. The van der Waals surface area contributed by atoms with Crippen LogP contribution in [0.5, 0.6) is 0 Å². The van der Waals surface area contributed by atoms with Gasteiger partial charge in [-0.1, -0.05) is 6.07 Å². The predicted molar refractivity (Wildman–Crippen MR) is 74.5 cm³/mol. The third-order valence-corrected chi connectivity index (χ3v) is 3.22. The molecule has 0 saturated heterocycles. The van der Waals surface area contributed by atoms with Gasteiger partial charge in [0.2, 0.25) is 0 Å². The molecule has 2 aromatic carbocycles. The molecular weight excluding hydrogens is 311 g/mol. The SMILES string of the molecule is Cc1ccc2nc3cc(I)ccc3nc2c1. The number of hydrogen-bond acceptors (Lipinski definition) is 2. The molecule has 0 N–H and O–H groups in total. The maximum absolute atomic E-state index is 4.61. The van der Waals surface area contributed by atoms with Crippen LogP contribution >= 0.6 is 22.6 Å². The molecule has 0 fully saturated rings. The summed E-state index contributed by atoms with van der Waals surface area (Å²) in [5.41, 5.74) is 5.06. The van der Waals surface area contributed by atoms with E-state index in [9.17, 15) is 0 Å². The lowest BCUT2D eigenvalue weighted by Gasteiger charge is -2.02. The first-order chi connectivity index (χ1) is 7.72. The van der Waals surface area contributed by atoms with Crippen LogP contribution in [0.15, 0.2) is 36.4 Å². The molecule has 3 aromatic rings. The summed E-state index contributed by atoms with van der Waals surface area (Å²) in [5.74, 6) is 0. The first-order valence-electron chi connectivity index (χ1n) is 5.06. The van der Waals surface area contributed by atoms with Crippen LogP contribution < -0.4 is 0 Å². The number of aryl methyl sites for hydroxylation is 1. The van der Waals surface area contributed by atoms with Crippen molar-refractivity contribution in [2.45, 2.75) is 6.92 Å². The minimum Gasteiger partial charge on any atom is -0.244 e. The van der Waals surface area contributed by atoms with Crippen molar-refractivity contribution in [2.75, 3.05) is 0 Å². The highest BCUT2D eigenvalue weighted by molar-refractivity contribution is 14.1. The third kappa shape index (κ3) is 1.65.